The van der Waals surface area contributed by atoms with Gasteiger partial charge in [-0.25, -0.2) is 4.39 Å². The van der Waals surface area contributed by atoms with E-state index in [1.807, 2.05) is 37.4 Å². The first-order chi connectivity index (χ1) is 12.1. The number of aryl methyl sites for hydroxylation is 1. The number of amides is 1. The third kappa shape index (κ3) is 2.80. The fourth-order valence-electron chi connectivity index (χ4n) is 3.39. The summed E-state index contributed by atoms with van der Waals surface area (Å²) in [5.41, 5.74) is 5.27. The van der Waals surface area contributed by atoms with Crippen LogP contribution in [-0.2, 0) is 13.1 Å². The topological polar surface area (TPSA) is 33.2 Å². The molecule has 0 radical (unpaired) electrons. The molecule has 0 unspecified atom stereocenters. The van der Waals surface area contributed by atoms with Gasteiger partial charge in [-0.15, -0.1) is 0 Å². The maximum absolute atomic E-state index is 13.9. The summed E-state index contributed by atoms with van der Waals surface area (Å²) < 4.78 is 13.9. The number of nitrogens with zero attached hydrogens (tertiary/aromatic N) is 2. The van der Waals surface area contributed by atoms with Crippen molar-refractivity contribution in [2.45, 2.75) is 20.0 Å². The molecule has 0 bridgehead atoms. The van der Waals surface area contributed by atoms with Crippen LogP contribution < -0.4 is 0 Å². The maximum atomic E-state index is 13.9. The van der Waals surface area contributed by atoms with Gasteiger partial charge in [-0.2, -0.15) is 0 Å². The van der Waals surface area contributed by atoms with Crippen molar-refractivity contribution in [1.29, 1.82) is 0 Å². The molecule has 0 N–H and O–H groups in total. The highest BCUT2D eigenvalue weighted by molar-refractivity contribution is 6.00. The Morgan fingerprint density at radius 3 is 2.72 bits per heavy atom. The second kappa shape index (κ2) is 6.13. The van der Waals surface area contributed by atoms with Crippen molar-refractivity contribution in [3.63, 3.8) is 0 Å². The molecule has 4 rings (SSSR count). The van der Waals surface area contributed by atoms with Crippen LogP contribution in [0, 0.1) is 12.7 Å². The van der Waals surface area contributed by atoms with Gasteiger partial charge in [-0.05, 0) is 41.8 Å². The minimum Gasteiger partial charge on any atom is -0.330 e. The number of halogens is 1. The van der Waals surface area contributed by atoms with Crippen molar-refractivity contribution < 1.29 is 9.18 Å². The normalized spacial score (nSPS) is 13.2. The number of hydrogen-bond acceptors (Lipinski definition) is 2. The zero-order chi connectivity index (χ0) is 17.4. The molecule has 0 fully saturated rings. The van der Waals surface area contributed by atoms with Crippen molar-refractivity contribution in [1.82, 2.24) is 9.88 Å². The summed E-state index contributed by atoms with van der Waals surface area (Å²) >= 11 is 0. The largest absolute Gasteiger partial charge is 0.330 e. The van der Waals surface area contributed by atoms with Gasteiger partial charge in [0.15, 0.2) is 0 Å². The Morgan fingerprint density at radius 1 is 1.12 bits per heavy atom. The van der Waals surface area contributed by atoms with E-state index in [1.165, 1.54) is 6.07 Å². The van der Waals surface area contributed by atoms with E-state index in [9.17, 15) is 9.18 Å². The fourth-order valence-corrected chi connectivity index (χ4v) is 3.39. The molecular weight excluding hydrogens is 315 g/mol. The molecule has 3 aromatic rings. The van der Waals surface area contributed by atoms with Crippen LogP contribution >= 0.6 is 0 Å². The van der Waals surface area contributed by atoms with Crippen LogP contribution in [0.3, 0.4) is 0 Å². The minimum absolute atomic E-state index is 0.0338. The zero-order valence-electron chi connectivity index (χ0n) is 13.9. The van der Waals surface area contributed by atoms with E-state index in [2.05, 4.69) is 4.98 Å². The first-order valence-electron chi connectivity index (χ1n) is 8.20. The van der Waals surface area contributed by atoms with Crippen LogP contribution in [0.5, 0.6) is 0 Å². The zero-order valence-corrected chi connectivity index (χ0v) is 13.9. The van der Waals surface area contributed by atoms with Crippen molar-refractivity contribution in [3.8, 4) is 11.1 Å². The standard InChI is InChI=1S/C21H17FN2O/c1-14-9-17(15-6-4-8-23-11-15)10-18-13-24(21(25)20(14)18)12-16-5-2-3-7-19(16)22/h2-11H,12-13H2,1H3. The summed E-state index contributed by atoms with van der Waals surface area (Å²) in [4.78, 5) is 18.6. The van der Waals surface area contributed by atoms with Gasteiger partial charge in [0, 0.05) is 42.2 Å². The number of carbonyl (C=O) groups excluding carboxylic acids is 1. The van der Waals surface area contributed by atoms with Gasteiger partial charge in [0.25, 0.3) is 5.91 Å². The van der Waals surface area contributed by atoms with Gasteiger partial charge in [0.1, 0.15) is 5.82 Å². The van der Waals surface area contributed by atoms with Crippen LogP contribution in [0.25, 0.3) is 11.1 Å². The molecule has 25 heavy (non-hydrogen) atoms. The number of carbonyl (C=O) groups is 1. The molecule has 4 heteroatoms. The van der Waals surface area contributed by atoms with Crippen LogP contribution in [0.15, 0.2) is 60.9 Å². The Hall–Kier alpha value is -3.01. The highest BCUT2D eigenvalue weighted by Crippen LogP contribution is 2.32. The molecule has 0 saturated heterocycles. The van der Waals surface area contributed by atoms with Gasteiger partial charge in [-0.3, -0.25) is 9.78 Å². The molecule has 2 heterocycles. The smallest absolute Gasteiger partial charge is 0.255 e. The number of hydrogen-bond donors (Lipinski definition) is 0. The van der Waals surface area contributed by atoms with Gasteiger partial charge < -0.3 is 4.90 Å². The fraction of sp³-hybridized carbons (Fsp3) is 0.143. The van der Waals surface area contributed by atoms with Crippen LogP contribution in [0.1, 0.15) is 27.0 Å². The molecule has 1 aliphatic heterocycles. The van der Waals surface area contributed by atoms with Gasteiger partial charge in [-0.1, -0.05) is 30.3 Å². The van der Waals surface area contributed by atoms with E-state index in [0.29, 0.717) is 12.1 Å². The molecule has 1 aliphatic rings. The highest BCUT2D eigenvalue weighted by Gasteiger charge is 2.30. The van der Waals surface area contributed by atoms with Crippen LogP contribution in [0.2, 0.25) is 0 Å². The van der Waals surface area contributed by atoms with Crippen LogP contribution in [0.4, 0.5) is 4.39 Å². The average Bonchev–Trinajstić information content (AvgIpc) is 2.94. The predicted octanol–water partition coefficient (Wildman–Crippen LogP) is 4.35. The molecule has 0 spiro atoms. The number of benzene rings is 2. The first kappa shape index (κ1) is 15.5. The molecule has 0 aliphatic carbocycles. The summed E-state index contributed by atoms with van der Waals surface area (Å²) in [7, 11) is 0. The van der Waals surface area contributed by atoms with Gasteiger partial charge in [0.05, 0.1) is 0 Å². The average molecular weight is 332 g/mol. The lowest BCUT2D eigenvalue weighted by Gasteiger charge is -2.16. The quantitative estimate of drug-likeness (QED) is 0.714. The molecule has 0 atom stereocenters. The third-order valence-corrected chi connectivity index (χ3v) is 4.59. The second-order valence-corrected chi connectivity index (χ2v) is 6.32. The molecule has 0 saturated carbocycles. The molecule has 1 amide bonds. The van der Waals surface area contributed by atoms with Crippen molar-refractivity contribution >= 4 is 5.91 Å². The molecule has 3 nitrogen and oxygen atoms in total. The predicted molar refractivity (Wildman–Crippen MR) is 94.4 cm³/mol. The number of rotatable bonds is 3. The van der Waals surface area contributed by atoms with Crippen LogP contribution in [-0.4, -0.2) is 15.8 Å². The Labute approximate surface area is 145 Å². The lowest BCUT2D eigenvalue weighted by atomic mass is 9.97. The molecular formula is C21H17FN2O. The van der Waals surface area contributed by atoms with E-state index < -0.39 is 0 Å². The summed E-state index contributed by atoms with van der Waals surface area (Å²) in [5, 5.41) is 0. The van der Waals surface area contributed by atoms with Gasteiger partial charge >= 0.3 is 0 Å². The second-order valence-electron chi connectivity index (χ2n) is 6.32. The van der Waals surface area contributed by atoms with Crippen molar-refractivity contribution in [2.24, 2.45) is 0 Å². The number of aromatic nitrogens is 1. The molecule has 124 valence electrons. The number of fused-ring (bicyclic) bond motifs is 1. The van der Waals surface area contributed by atoms with E-state index in [1.54, 1.807) is 29.3 Å². The van der Waals surface area contributed by atoms with E-state index in [0.717, 1.165) is 27.8 Å². The van der Waals surface area contributed by atoms with Crippen molar-refractivity contribution in [2.75, 3.05) is 0 Å². The lowest BCUT2D eigenvalue weighted by Crippen LogP contribution is -2.24. The third-order valence-electron chi connectivity index (χ3n) is 4.59. The Morgan fingerprint density at radius 2 is 1.96 bits per heavy atom. The maximum Gasteiger partial charge on any atom is 0.255 e. The first-order valence-corrected chi connectivity index (χ1v) is 8.20. The number of pyridine rings is 1. The van der Waals surface area contributed by atoms with E-state index >= 15 is 0 Å². The summed E-state index contributed by atoms with van der Waals surface area (Å²) in [5.74, 6) is -0.312. The highest BCUT2D eigenvalue weighted by atomic mass is 19.1. The Bertz CT molecular complexity index is 953. The minimum atomic E-state index is -0.279. The van der Waals surface area contributed by atoms with Crippen molar-refractivity contribution in [3.05, 3.63) is 89.0 Å². The lowest BCUT2D eigenvalue weighted by molar-refractivity contribution is 0.0764. The Balaban J connectivity index is 1.67. The summed E-state index contributed by atoms with van der Waals surface area (Å²) in [6.07, 6.45) is 3.55. The Kier molecular flexibility index (Phi) is 3.80. The summed E-state index contributed by atoms with van der Waals surface area (Å²) in [6.45, 7) is 2.72. The SMILES string of the molecule is Cc1cc(-c2cccnc2)cc2c1C(=O)N(Cc1ccccc1F)C2. The summed E-state index contributed by atoms with van der Waals surface area (Å²) in [6, 6.07) is 14.5. The van der Waals surface area contributed by atoms with E-state index in [-0.39, 0.29) is 18.3 Å². The van der Waals surface area contributed by atoms with E-state index in [4.69, 9.17) is 0 Å². The monoisotopic (exact) mass is 332 g/mol. The van der Waals surface area contributed by atoms with Gasteiger partial charge in [0.2, 0.25) is 0 Å². The molecule has 1 aromatic heterocycles. The molecule has 2 aromatic carbocycles.